The number of benzene rings is 1. The predicted octanol–water partition coefficient (Wildman–Crippen LogP) is 2.88. The first kappa shape index (κ1) is 17.1. The summed E-state index contributed by atoms with van der Waals surface area (Å²) in [6, 6.07) is 4.29. The van der Waals surface area contributed by atoms with Gasteiger partial charge in [0.15, 0.2) is 0 Å². The maximum atomic E-state index is 11.8. The highest BCUT2D eigenvalue weighted by molar-refractivity contribution is 8.13. The van der Waals surface area contributed by atoms with Crippen LogP contribution in [0.2, 0.25) is 0 Å². The Kier molecular flexibility index (Phi) is 5.67. The molecule has 0 fully saturated rings. The maximum absolute atomic E-state index is 11.8. The monoisotopic (exact) mass is 332 g/mol. The van der Waals surface area contributed by atoms with Gasteiger partial charge in [-0.05, 0) is 24.6 Å². The standard InChI is InChI=1S/C11H12ClF3O4S/c1-8-2-3-9(10(6-8)20(12,16)17)19-5-4-18-7-11(13,14)15/h2-3,6H,4-5,7H2,1H3. The molecule has 0 atom stereocenters. The Hall–Kier alpha value is -0.990. The molecule has 0 aromatic heterocycles. The summed E-state index contributed by atoms with van der Waals surface area (Å²) in [6.45, 7) is -0.263. The lowest BCUT2D eigenvalue weighted by Crippen LogP contribution is -2.19. The van der Waals surface area contributed by atoms with Crippen molar-refractivity contribution in [2.75, 3.05) is 19.8 Å². The van der Waals surface area contributed by atoms with Crippen molar-refractivity contribution in [2.24, 2.45) is 0 Å². The molecule has 0 N–H and O–H groups in total. The van der Waals surface area contributed by atoms with Crippen molar-refractivity contribution in [3.8, 4) is 5.75 Å². The highest BCUT2D eigenvalue weighted by Gasteiger charge is 2.27. The largest absolute Gasteiger partial charge is 0.490 e. The number of halogens is 4. The molecule has 4 nitrogen and oxygen atoms in total. The van der Waals surface area contributed by atoms with E-state index in [2.05, 4.69) is 4.74 Å². The van der Waals surface area contributed by atoms with Gasteiger partial charge in [-0.25, -0.2) is 8.42 Å². The molecule has 0 saturated heterocycles. The summed E-state index contributed by atoms with van der Waals surface area (Å²) in [7, 11) is 1.25. The second-order valence-electron chi connectivity index (χ2n) is 3.90. The summed E-state index contributed by atoms with van der Waals surface area (Å²) in [6.07, 6.45) is -4.41. The predicted molar refractivity (Wildman–Crippen MR) is 66.6 cm³/mol. The third-order valence-electron chi connectivity index (χ3n) is 2.11. The molecule has 9 heteroatoms. The third kappa shape index (κ3) is 5.98. The average Bonchev–Trinajstić information content (AvgIpc) is 2.27. The Balaban J connectivity index is 2.61. The molecular formula is C11H12ClF3O4S. The van der Waals surface area contributed by atoms with E-state index in [1.165, 1.54) is 12.1 Å². The lowest BCUT2D eigenvalue weighted by molar-refractivity contribution is -0.175. The molecule has 0 unspecified atom stereocenters. The molecule has 0 radical (unpaired) electrons. The molecular weight excluding hydrogens is 321 g/mol. The molecule has 0 aliphatic heterocycles. The normalized spacial score (nSPS) is 12.4. The van der Waals surface area contributed by atoms with Crippen LogP contribution < -0.4 is 4.74 Å². The molecule has 0 aliphatic rings. The van der Waals surface area contributed by atoms with Crippen LogP contribution in [0.1, 0.15) is 5.56 Å². The Morgan fingerprint density at radius 3 is 2.45 bits per heavy atom. The van der Waals surface area contributed by atoms with Crippen LogP contribution in [0.25, 0.3) is 0 Å². The number of ether oxygens (including phenoxy) is 2. The summed E-state index contributed by atoms with van der Waals surface area (Å²) >= 11 is 0. The zero-order chi connectivity index (χ0) is 15.4. The minimum Gasteiger partial charge on any atom is -0.490 e. The van der Waals surface area contributed by atoms with E-state index in [1.54, 1.807) is 13.0 Å². The summed E-state index contributed by atoms with van der Waals surface area (Å²) in [5.74, 6) is -0.0267. The average molecular weight is 333 g/mol. The smallest absolute Gasteiger partial charge is 0.411 e. The molecule has 1 rings (SSSR count). The molecule has 0 spiro atoms. The van der Waals surface area contributed by atoms with Crippen molar-refractivity contribution in [3.05, 3.63) is 23.8 Å². The van der Waals surface area contributed by atoms with E-state index >= 15 is 0 Å². The second-order valence-corrected chi connectivity index (χ2v) is 6.44. The van der Waals surface area contributed by atoms with Crippen molar-refractivity contribution in [2.45, 2.75) is 18.0 Å². The molecule has 0 aliphatic carbocycles. The number of hydrogen-bond acceptors (Lipinski definition) is 4. The van der Waals surface area contributed by atoms with E-state index < -0.39 is 21.8 Å². The van der Waals surface area contributed by atoms with E-state index in [0.29, 0.717) is 5.56 Å². The summed E-state index contributed by atoms with van der Waals surface area (Å²) < 4.78 is 67.5. The van der Waals surface area contributed by atoms with Gasteiger partial charge in [-0.2, -0.15) is 13.2 Å². The van der Waals surface area contributed by atoms with Crippen LogP contribution >= 0.6 is 10.7 Å². The minimum absolute atomic E-state index is 0.0267. The summed E-state index contributed by atoms with van der Waals surface area (Å²) in [5, 5.41) is 0. The molecule has 0 heterocycles. The van der Waals surface area contributed by atoms with Crippen LogP contribution in [-0.2, 0) is 13.8 Å². The van der Waals surface area contributed by atoms with Crippen molar-refractivity contribution in [3.63, 3.8) is 0 Å². The van der Waals surface area contributed by atoms with Crippen molar-refractivity contribution < 1.29 is 31.1 Å². The lowest BCUT2D eigenvalue weighted by atomic mass is 10.2. The molecule has 0 amide bonds. The van der Waals surface area contributed by atoms with E-state index in [-0.39, 0.29) is 23.9 Å². The van der Waals surface area contributed by atoms with Gasteiger partial charge in [0.05, 0.1) is 6.61 Å². The van der Waals surface area contributed by atoms with Gasteiger partial charge < -0.3 is 9.47 Å². The lowest BCUT2D eigenvalue weighted by Gasteiger charge is -2.11. The SMILES string of the molecule is Cc1ccc(OCCOCC(F)(F)F)c(S(=O)(=O)Cl)c1. The third-order valence-corrected chi connectivity index (χ3v) is 3.46. The highest BCUT2D eigenvalue weighted by Crippen LogP contribution is 2.27. The fourth-order valence-electron chi connectivity index (χ4n) is 1.32. The van der Waals surface area contributed by atoms with E-state index in [1.807, 2.05) is 0 Å². The van der Waals surface area contributed by atoms with E-state index in [0.717, 1.165) is 0 Å². The van der Waals surface area contributed by atoms with Crippen molar-refractivity contribution in [1.29, 1.82) is 0 Å². The van der Waals surface area contributed by atoms with Gasteiger partial charge in [-0.3, -0.25) is 0 Å². The van der Waals surface area contributed by atoms with Crippen LogP contribution in [0.5, 0.6) is 5.75 Å². The van der Waals surface area contributed by atoms with Crippen LogP contribution in [-0.4, -0.2) is 34.4 Å². The fraction of sp³-hybridized carbons (Fsp3) is 0.455. The molecule has 0 saturated carbocycles. The summed E-state index contributed by atoms with van der Waals surface area (Å²) in [5.41, 5.74) is 0.657. The van der Waals surface area contributed by atoms with E-state index in [4.69, 9.17) is 15.4 Å². The molecule has 0 bridgehead atoms. The quantitative estimate of drug-likeness (QED) is 0.594. The first-order valence-electron chi connectivity index (χ1n) is 5.42. The van der Waals surface area contributed by atoms with Gasteiger partial charge in [0.25, 0.3) is 9.05 Å². The van der Waals surface area contributed by atoms with E-state index in [9.17, 15) is 21.6 Å². The van der Waals surface area contributed by atoms with Crippen LogP contribution in [0.4, 0.5) is 13.2 Å². The van der Waals surface area contributed by atoms with Gasteiger partial charge in [0.2, 0.25) is 0 Å². The Morgan fingerprint density at radius 1 is 1.25 bits per heavy atom. The van der Waals surface area contributed by atoms with Gasteiger partial charge in [-0.15, -0.1) is 0 Å². The highest BCUT2D eigenvalue weighted by atomic mass is 35.7. The molecule has 114 valence electrons. The van der Waals surface area contributed by atoms with Gasteiger partial charge >= 0.3 is 6.18 Å². The fourth-order valence-corrected chi connectivity index (χ4v) is 2.38. The molecule has 1 aromatic carbocycles. The minimum atomic E-state index is -4.41. The summed E-state index contributed by atoms with van der Waals surface area (Å²) in [4.78, 5) is -0.227. The zero-order valence-electron chi connectivity index (χ0n) is 10.4. The maximum Gasteiger partial charge on any atom is 0.411 e. The second kappa shape index (κ2) is 6.64. The zero-order valence-corrected chi connectivity index (χ0v) is 12.0. The number of hydrogen-bond donors (Lipinski definition) is 0. The van der Waals surface area contributed by atoms with Crippen LogP contribution in [0.15, 0.2) is 23.1 Å². The molecule has 20 heavy (non-hydrogen) atoms. The van der Waals surface area contributed by atoms with Crippen LogP contribution in [0.3, 0.4) is 0 Å². The Morgan fingerprint density at radius 2 is 1.90 bits per heavy atom. The topological polar surface area (TPSA) is 52.6 Å². The van der Waals surface area contributed by atoms with Gasteiger partial charge in [-0.1, -0.05) is 6.07 Å². The van der Waals surface area contributed by atoms with Gasteiger partial charge in [0, 0.05) is 10.7 Å². The van der Waals surface area contributed by atoms with Crippen molar-refractivity contribution >= 4 is 19.7 Å². The Labute approximate surface area is 118 Å². The number of rotatable bonds is 6. The molecule has 1 aromatic rings. The first-order chi connectivity index (χ1) is 9.09. The first-order valence-corrected chi connectivity index (χ1v) is 7.73. The van der Waals surface area contributed by atoms with Crippen LogP contribution in [0, 0.1) is 6.92 Å². The van der Waals surface area contributed by atoms with Crippen molar-refractivity contribution in [1.82, 2.24) is 0 Å². The Bertz CT molecular complexity index is 557. The van der Waals surface area contributed by atoms with Gasteiger partial charge in [0.1, 0.15) is 23.9 Å². The number of alkyl halides is 3. The number of aryl methyl sites for hydroxylation is 1.